The molecule has 1 aliphatic carbocycles. The third-order valence-corrected chi connectivity index (χ3v) is 9.95. The molecule has 4 aromatic carbocycles. The van der Waals surface area contributed by atoms with Gasteiger partial charge in [0.05, 0.1) is 6.04 Å². The van der Waals surface area contributed by atoms with Crippen LogP contribution in [0.25, 0.3) is 21.5 Å². The molecule has 0 unspecified atom stereocenters. The van der Waals surface area contributed by atoms with Crippen molar-refractivity contribution >= 4 is 46.0 Å². The van der Waals surface area contributed by atoms with Crippen LogP contribution in [0.15, 0.2) is 101 Å². The smallest absolute Gasteiger partial charge is 0.212 e. The van der Waals surface area contributed by atoms with E-state index in [2.05, 4.69) is 98.8 Å². The Morgan fingerprint density at radius 2 is 1.35 bits per heavy atom. The van der Waals surface area contributed by atoms with Gasteiger partial charge in [0.25, 0.3) is 0 Å². The number of rotatable bonds is 5. The summed E-state index contributed by atoms with van der Waals surface area (Å²) in [5.74, 6) is 1.42. The second-order valence-corrected chi connectivity index (χ2v) is 11.8. The summed E-state index contributed by atoms with van der Waals surface area (Å²) in [7, 11) is -0.718. The van der Waals surface area contributed by atoms with Crippen molar-refractivity contribution in [3.63, 3.8) is 0 Å². The second-order valence-electron chi connectivity index (χ2n) is 9.67. The zero-order valence-corrected chi connectivity index (χ0v) is 20.8. The van der Waals surface area contributed by atoms with E-state index in [1.807, 2.05) is 0 Å². The maximum Gasteiger partial charge on any atom is 0.212 e. The molecule has 1 heterocycles. The minimum absolute atomic E-state index is 0.269. The van der Waals surface area contributed by atoms with Crippen LogP contribution in [0.5, 0.6) is 0 Å². The third-order valence-electron chi connectivity index (χ3n) is 7.18. The zero-order valence-electron chi connectivity index (χ0n) is 19.9. The van der Waals surface area contributed by atoms with Crippen molar-refractivity contribution in [1.82, 2.24) is 0 Å². The van der Waals surface area contributed by atoms with Crippen molar-refractivity contribution < 1.29 is 4.74 Å². The molecule has 6 rings (SSSR count). The van der Waals surface area contributed by atoms with Crippen molar-refractivity contribution in [2.45, 2.75) is 39.2 Å². The van der Waals surface area contributed by atoms with Crippen LogP contribution in [0.1, 0.15) is 33.1 Å². The minimum Gasteiger partial charge on any atom is -0.475 e. The predicted octanol–water partition coefficient (Wildman–Crippen LogP) is 7.32. The van der Waals surface area contributed by atoms with E-state index in [-0.39, 0.29) is 6.04 Å². The molecule has 0 radical (unpaired) electrons. The summed E-state index contributed by atoms with van der Waals surface area (Å²) in [6.45, 7) is 5.19. The monoisotopic (exact) mass is 463 g/mol. The van der Waals surface area contributed by atoms with Gasteiger partial charge < -0.3 is 4.74 Å². The van der Waals surface area contributed by atoms with Crippen LogP contribution in [-0.4, -0.2) is 18.5 Å². The van der Waals surface area contributed by atoms with E-state index >= 15 is 0 Å². The number of allylic oxidation sites excluding steroid dienone is 1. The number of benzene rings is 4. The van der Waals surface area contributed by atoms with Gasteiger partial charge in [0.15, 0.2) is 0 Å². The Labute approximate surface area is 203 Å². The van der Waals surface area contributed by atoms with E-state index in [9.17, 15) is 0 Å². The highest BCUT2D eigenvalue weighted by Crippen LogP contribution is 2.53. The maximum absolute atomic E-state index is 6.24. The van der Waals surface area contributed by atoms with Gasteiger partial charge in [-0.15, -0.1) is 0 Å². The molecule has 0 saturated heterocycles. The molecule has 34 heavy (non-hydrogen) atoms. The molecule has 0 bridgehead atoms. The lowest BCUT2D eigenvalue weighted by Gasteiger charge is -2.25. The Bertz CT molecular complexity index is 1340. The lowest BCUT2D eigenvalue weighted by molar-refractivity contribution is 0.291. The van der Waals surface area contributed by atoms with Crippen LogP contribution in [0.4, 0.5) is 0 Å². The summed E-state index contributed by atoms with van der Waals surface area (Å²) >= 11 is 0. The van der Waals surface area contributed by atoms with Gasteiger partial charge >= 0.3 is 0 Å². The molecule has 1 atom stereocenters. The highest BCUT2D eigenvalue weighted by Gasteiger charge is 2.33. The molecule has 0 aromatic heterocycles. The summed E-state index contributed by atoms with van der Waals surface area (Å²) in [6.07, 6.45) is 3.35. The molecular weight excluding hydrogens is 433 g/mol. The molecule has 0 N–H and O–H groups in total. The second kappa shape index (κ2) is 9.01. The topological polar surface area (TPSA) is 21.6 Å². The van der Waals surface area contributed by atoms with Gasteiger partial charge in [0.1, 0.15) is 6.61 Å². The fraction of sp³-hybridized carbons (Fsp3) is 0.258. The largest absolute Gasteiger partial charge is 0.475 e. The Morgan fingerprint density at radius 3 is 1.94 bits per heavy atom. The lowest BCUT2D eigenvalue weighted by atomic mass is 10.1. The number of hydrogen-bond donors (Lipinski definition) is 0. The van der Waals surface area contributed by atoms with Crippen LogP contribution in [0, 0.1) is 5.92 Å². The van der Waals surface area contributed by atoms with Gasteiger partial charge in [-0.25, -0.2) is 4.99 Å². The summed E-state index contributed by atoms with van der Waals surface area (Å²) in [5.41, 5.74) is 1.37. The Kier molecular flexibility index (Phi) is 5.71. The normalized spacial score (nSPS) is 18.4. The first-order valence-electron chi connectivity index (χ1n) is 12.4. The fourth-order valence-electron chi connectivity index (χ4n) is 5.33. The van der Waals surface area contributed by atoms with Gasteiger partial charge in [-0.05, 0) is 70.6 Å². The van der Waals surface area contributed by atoms with E-state index in [1.165, 1.54) is 44.1 Å². The molecule has 0 amide bonds. The van der Waals surface area contributed by atoms with Crippen molar-refractivity contribution in [2.75, 3.05) is 6.61 Å². The minimum atomic E-state index is -0.718. The van der Waals surface area contributed by atoms with Crippen LogP contribution in [-0.2, 0) is 4.74 Å². The number of hydrogen-bond acceptors (Lipinski definition) is 2. The predicted molar refractivity (Wildman–Crippen MR) is 147 cm³/mol. The van der Waals surface area contributed by atoms with Crippen molar-refractivity contribution in [2.24, 2.45) is 10.9 Å². The highest BCUT2D eigenvalue weighted by molar-refractivity contribution is 7.77. The van der Waals surface area contributed by atoms with Crippen LogP contribution >= 0.6 is 7.92 Å². The molecule has 1 aliphatic heterocycles. The number of nitrogens with zero attached hydrogens (tertiary/aromatic N) is 1. The first-order chi connectivity index (χ1) is 16.7. The molecule has 0 spiro atoms. The van der Waals surface area contributed by atoms with E-state index in [1.54, 1.807) is 5.31 Å². The molecule has 170 valence electrons. The summed E-state index contributed by atoms with van der Waals surface area (Å²) in [6, 6.07) is 31.6. The summed E-state index contributed by atoms with van der Waals surface area (Å²) in [5, 5.41) is 9.76. The van der Waals surface area contributed by atoms with Crippen LogP contribution < -0.4 is 10.6 Å². The standard InChI is InChI=1S/C31H30NOP/c1-21(2)27-20-33-31(32-27)26-16-9-19-30(26)34(28-17-7-12-22-10-3-5-14-24(22)28)29-18-8-13-23-11-4-6-15-25(23)29/h3-8,10-15,17-18,21,27H,9,16,19-20H2,1-2H3/t27-/m1/s1. The van der Waals surface area contributed by atoms with E-state index in [4.69, 9.17) is 9.73 Å². The van der Waals surface area contributed by atoms with Gasteiger partial charge in [0, 0.05) is 5.57 Å². The van der Waals surface area contributed by atoms with Crippen molar-refractivity contribution in [3.05, 3.63) is 95.8 Å². The van der Waals surface area contributed by atoms with Crippen molar-refractivity contribution in [1.29, 1.82) is 0 Å². The van der Waals surface area contributed by atoms with E-state index in [0.29, 0.717) is 12.5 Å². The molecule has 0 saturated carbocycles. The SMILES string of the molecule is CC(C)[C@H]1COC(C2=C(P(c3cccc4ccccc34)c3cccc4ccccc34)CCC2)=N1. The zero-order chi connectivity index (χ0) is 23.1. The number of aliphatic imine (C=N–C) groups is 1. The Balaban J connectivity index is 1.61. The van der Waals surface area contributed by atoms with Crippen LogP contribution in [0.2, 0.25) is 0 Å². The molecule has 0 fully saturated rings. The fourth-order valence-corrected chi connectivity index (χ4v) is 8.39. The summed E-state index contributed by atoms with van der Waals surface area (Å²) in [4.78, 5) is 5.06. The average Bonchev–Trinajstić information content (AvgIpc) is 3.55. The Hall–Kier alpha value is -2.96. The van der Waals surface area contributed by atoms with Crippen LogP contribution in [0.3, 0.4) is 0 Å². The van der Waals surface area contributed by atoms with Gasteiger partial charge in [-0.1, -0.05) is 98.8 Å². The van der Waals surface area contributed by atoms with Gasteiger partial charge in [0.2, 0.25) is 5.90 Å². The quantitative estimate of drug-likeness (QED) is 0.284. The van der Waals surface area contributed by atoms with Gasteiger partial charge in [-0.2, -0.15) is 0 Å². The average molecular weight is 464 g/mol. The van der Waals surface area contributed by atoms with Gasteiger partial charge in [-0.3, -0.25) is 0 Å². The first-order valence-corrected chi connectivity index (χ1v) is 13.7. The highest BCUT2D eigenvalue weighted by atomic mass is 31.1. The molecule has 2 aliphatic rings. The van der Waals surface area contributed by atoms with E-state index < -0.39 is 7.92 Å². The molecule has 3 heteroatoms. The third kappa shape index (κ3) is 3.75. The number of ether oxygens (including phenoxy) is 1. The lowest BCUT2D eigenvalue weighted by Crippen LogP contribution is -2.16. The molecule has 4 aromatic rings. The van der Waals surface area contributed by atoms with Crippen molar-refractivity contribution in [3.8, 4) is 0 Å². The molecule has 2 nitrogen and oxygen atoms in total. The Morgan fingerprint density at radius 1 is 0.765 bits per heavy atom. The summed E-state index contributed by atoms with van der Waals surface area (Å²) < 4.78 is 6.24. The number of fused-ring (bicyclic) bond motifs is 2. The first kappa shape index (κ1) is 21.6. The van der Waals surface area contributed by atoms with E-state index in [0.717, 1.165) is 18.7 Å². The maximum atomic E-state index is 6.24. The molecular formula is C31H30NOP.